The minimum Gasteiger partial charge on any atom is -0.352 e. The Balaban J connectivity index is 2.20. The molecule has 6 nitrogen and oxygen atoms in total. The van der Waals surface area contributed by atoms with Gasteiger partial charge in [0, 0.05) is 19.6 Å². The number of carbonyl (C=O) groups is 2. The molecule has 132 valence electrons. The van der Waals surface area contributed by atoms with Crippen molar-refractivity contribution in [3.05, 3.63) is 35.6 Å². The number of carbonyl (C=O) groups excluding carboxylic acids is 2. The third-order valence-corrected chi connectivity index (χ3v) is 4.22. The fraction of sp³-hybridized carbons (Fsp3) is 0.529. The summed E-state index contributed by atoms with van der Waals surface area (Å²) in [6.45, 7) is 3.73. The lowest BCUT2D eigenvalue weighted by molar-refractivity contribution is -0.136. The van der Waals surface area contributed by atoms with Crippen LogP contribution >= 0.6 is 0 Å². The zero-order valence-electron chi connectivity index (χ0n) is 13.9. The van der Waals surface area contributed by atoms with Gasteiger partial charge in [-0.1, -0.05) is 31.9 Å². The van der Waals surface area contributed by atoms with Gasteiger partial charge in [0.25, 0.3) is 0 Å². The first-order chi connectivity index (χ1) is 11.5. The number of hydrogen-bond donors (Lipinski definition) is 3. The van der Waals surface area contributed by atoms with Crippen LogP contribution in [0.5, 0.6) is 0 Å². The van der Waals surface area contributed by atoms with Crippen LogP contribution in [0.25, 0.3) is 0 Å². The third kappa shape index (κ3) is 4.67. The van der Waals surface area contributed by atoms with Crippen LogP contribution in [0.15, 0.2) is 24.3 Å². The summed E-state index contributed by atoms with van der Waals surface area (Å²) in [6.07, 6.45) is 2.27. The molecule has 7 heteroatoms. The largest absolute Gasteiger partial charge is 0.352 e. The van der Waals surface area contributed by atoms with Gasteiger partial charge in [0.15, 0.2) is 0 Å². The Morgan fingerprint density at radius 1 is 1.50 bits per heavy atom. The van der Waals surface area contributed by atoms with E-state index in [0.29, 0.717) is 26.1 Å². The molecule has 1 aromatic carbocycles. The zero-order chi connectivity index (χ0) is 17.5. The van der Waals surface area contributed by atoms with Crippen molar-refractivity contribution in [3.8, 4) is 0 Å². The van der Waals surface area contributed by atoms with Crippen LogP contribution < -0.4 is 16.4 Å². The Hall–Kier alpha value is -2.15. The Bertz CT molecular complexity index is 581. The average Bonchev–Trinajstić information content (AvgIpc) is 2.57. The lowest BCUT2D eigenvalue weighted by atomic mass is 10.0. The van der Waals surface area contributed by atoms with Gasteiger partial charge in [-0.25, -0.2) is 9.18 Å². The van der Waals surface area contributed by atoms with Crippen LogP contribution in [0.4, 0.5) is 9.18 Å². The predicted molar refractivity (Wildman–Crippen MR) is 89.8 cm³/mol. The number of unbranched alkanes of at least 4 members (excludes halogenated alkanes) is 1. The second kappa shape index (κ2) is 8.63. The van der Waals surface area contributed by atoms with E-state index in [9.17, 15) is 14.0 Å². The number of urea groups is 1. The molecule has 2 rings (SSSR count). The Morgan fingerprint density at radius 2 is 2.29 bits per heavy atom. The first-order valence-corrected chi connectivity index (χ1v) is 8.35. The highest BCUT2D eigenvalue weighted by Crippen LogP contribution is 2.24. The number of nitrogens with one attached hydrogen (secondary N) is 2. The summed E-state index contributed by atoms with van der Waals surface area (Å²) in [4.78, 5) is 25.9. The smallest absolute Gasteiger partial charge is 0.312 e. The van der Waals surface area contributed by atoms with Crippen molar-refractivity contribution < 1.29 is 14.0 Å². The van der Waals surface area contributed by atoms with Crippen LogP contribution in [0.1, 0.15) is 37.8 Å². The van der Waals surface area contributed by atoms with E-state index in [4.69, 9.17) is 5.73 Å². The molecule has 0 aromatic heterocycles. The molecular weight excluding hydrogens is 311 g/mol. The molecule has 0 saturated carbocycles. The molecule has 1 heterocycles. The molecule has 3 amide bonds. The van der Waals surface area contributed by atoms with Crippen molar-refractivity contribution in [2.45, 2.75) is 38.3 Å². The molecule has 1 aliphatic heterocycles. The van der Waals surface area contributed by atoms with Crippen LogP contribution in [-0.2, 0) is 4.79 Å². The quantitative estimate of drug-likeness (QED) is 0.736. The van der Waals surface area contributed by atoms with E-state index in [1.54, 1.807) is 11.0 Å². The first-order valence-electron chi connectivity index (χ1n) is 8.35. The van der Waals surface area contributed by atoms with Crippen molar-refractivity contribution in [2.24, 2.45) is 5.73 Å². The highest BCUT2D eigenvalue weighted by atomic mass is 19.1. The number of hydrogen-bond acceptors (Lipinski definition) is 3. The summed E-state index contributed by atoms with van der Waals surface area (Å²) in [6, 6.07) is 4.66. The lowest BCUT2D eigenvalue weighted by Crippen LogP contribution is -2.56. The summed E-state index contributed by atoms with van der Waals surface area (Å²) in [5.41, 5.74) is 5.96. The molecule has 4 N–H and O–H groups in total. The average molecular weight is 336 g/mol. The fourth-order valence-corrected chi connectivity index (χ4v) is 3.02. The van der Waals surface area contributed by atoms with Gasteiger partial charge in [-0.3, -0.25) is 4.79 Å². The minimum atomic E-state index is -0.707. The Labute approximate surface area is 141 Å². The molecule has 24 heavy (non-hydrogen) atoms. The van der Waals surface area contributed by atoms with Crippen molar-refractivity contribution in [2.75, 3.05) is 19.6 Å². The maximum absolute atomic E-state index is 13.6. The molecule has 2 unspecified atom stereocenters. The van der Waals surface area contributed by atoms with Crippen molar-refractivity contribution >= 4 is 11.9 Å². The maximum Gasteiger partial charge on any atom is 0.312 e. The maximum atomic E-state index is 13.6. The van der Waals surface area contributed by atoms with Gasteiger partial charge < -0.3 is 21.3 Å². The molecule has 0 aliphatic carbocycles. The zero-order valence-corrected chi connectivity index (χ0v) is 13.9. The van der Waals surface area contributed by atoms with Gasteiger partial charge in [-0.15, -0.1) is 0 Å². The number of primary amides is 1. The van der Waals surface area contributed by atoms with Crippen LogP contribution in [0.3, 0.4) is 0 Å². The van der Waals surface area contributed by atoms with E-state index >= 15 is 0 Å². The topological polar surface area (TPSA) is 87.5 Å². The van der Waals surface area contributed by atoms with Gasteiger partial charge in [-0.05, 0) is 24.1 Å². The highest BCUT2D eigenvalue weighted by Gasteiger charge is 2.32. The van der Waals surface area contributed by atoms with Gasteiger partial charge in [0.05, 0.1) is 6.04 Å². The van der Waals surface area contributed by atoms with Crippen LogP contribution in [-0.4, -0.2) is 42.5 Å². The molecule has 2 atom stereocenters. The van der Waals surface area contributed by atoms with Crippen molar-refractivity contribution in [3.63, 3.8) is 0 Å². The Morgan fingerprint density at radius 3 is 2.96 bits per heavy atom. The number of rotatable bonds is 6. The van der Waals surface area contributed by atoms with E-state index < -0.39 is 12.1 Å². The first kappa shape index (κ1) is 18.2. The number of piperazine rings is 1. The summed E-state index contributed by atoms with van der Waals surface area (Å²) in [5, 5.41) is 5.78. The van der Waals surface area contributed by atoms with E-state index in [0.717, 1.165) is 18.4 Å². The minimum absolute atomic E-state index is 0.169. The molecule has 1 aromatic rings. The SMILES string of the molecule is CCCCC(NC(N)=O)C(=O)N1CCNCC1c1cccc(F)c1. The van der Waals surface area contributed by atoms with Crippen molar-refractivity contribution in [1.29, 1.82) is 0 Å². The Kier molecular flexibility index (Phi) is 6.54. The molecule has 1 saturated heterocycles. The van der Waals surface area contributed by atoms with Gasteiger partial charge in [0.2, 0.25) is 5.91 Å². The molecule has 1 aliphatic rings. The number of halogens is 1. The molecule has 0 bridgehead atoms. The third-order valence-electron chi connectivity index (χ3n) is 4.22. The summed E-state index contributed by atoms with van der Waals surface area (Å²) in [5.74, 6) is -0.499. The normalized spacial score (nSPS) is 18.9. The second-order valence-corrected chi connectivity index (χ2v) is 6.01. The molecular formula is C17H25FN4O2. The van der Waals surface area contributed by atoms with E-state index in [1.807, 2.05) is 13.0 Å². The van der Waals surface area contributed by atoms with Gasteiger partial charge >= 0.3 is 6.03 Å². The standard InChI is InChI=1S/C17H25FN4O2/c1-2-3-7-14(21-17(19)24)16(23)22-9-8-20-11-15(22)12-5-4-6-13(18)10-12/h4-6,10,14-15,20H,2-3,7-9,11H2,1H3,(H3,19,21,24). The second-order valence-electron chi connectivity index (χ2n) is 6.01. The van der Waals surface area contributed by atoms with Crippen LogP contribution in [0, 0.1) is 5.82 Å². The van der Waals surface area contributed by atoms with Crippen LogP contribution in [0.2, 0.25) is 0 Å². The number of nitrogens with zero attached hydrogens (tertiary/aromatic N) is 1. The summed E-state index contributed by atoms with van der Waals surface area (Å²) in [7, 11) is 0. The summed E-state index contributed by atoms with van der Waals surface area (Å²) < 4.78 is 13.6. The lowest BCUT2D eigenvalue weighted by Gasteiger charge is -2.38. The fourth-order valence-electron chi connectivity index (χ4n) is 3.02. The van der Waals surface area contributed by atoms with Crippen molar-refractivity contribution in [1.82, 2.24) is 15.5 Å². The number of nitrogens with two attached hydrogens (primary N) is 1. The highest BCUT2D eigenvalue weighted by molar-refractivity contribution is 5.87. The van der Waals surface area contributed by atoms with Gasteiger partial charge in [-0.2, -0.15) is 0 Å². The van der Waals surface area contributed by atoms with Gasteiger partial charge in [0.1, 0.15) is 11.9 Å². The molecule has 0 radical (unpaired) electrons. The molecule has 1 fully saturated rings. The molecule has 0 spiro atoms. The number of amides is 3. The number of benzene rings is 1. The van der Waals surface area contributed by atoms with E-state index in [1.165, 1.54) is 12.1 Å². The van der Waals surface area contributed by atoms with E-state index in [2.05, 4.69) is 10.6 Å². The summed E-state index contributed by atoms with van der Waals surface area (Å²) >= 11 is 0. The monoisotopic (exact) mass is 336 g/mol. The van der Waals surface area contributed by atoms with E-state index in [-0.39, 0.29) is 17.8 Å². The predicted octanol–water partition coefficient (Wildman–Crippen LogP) is 1.53.